The first kappa shape index (κ1) is 27.0. The fourth-order valence-electron chi connectivity index (χ4n) is 3.40. The van der Waals surface area contributed by atoms with Gasteiger partial charge in [-0.25, -0.2) is 0 Å². The number of hydrogen-bond acceptors (Lipinski definition) is 3. The molecule has 2 aromatic rings. The first-order chi connectivity index (χ1) is 15.5. The van der Waals surface area contributed by atoms with Crippen LogP contribution in [0, 0.1) is 6.92 Å². The van der Waals surface area contributed by atoms with E-state index in [0.29, 0.717) is 29.5 Å². The summed E-state index contributed by atoms with van der Waals surface area (Å²) in [5, 5.41) is 3.98. The number of nitrogens with zero attached hydrogens (tertiary/aromatic N) is 1. The quantitative estimate of drug-likeness (QED) is 0.402. The van der Waals surface area contributed by atoms with Crippen molar-refractivity contribution < 1.29 is 14.3 Å². The zero-order valence-electron chi connectivity index (χ0n) is 20.1. The van der Waals surface area contributed by atoms with Gasteiger partial charge in [-0.2, -0.15) is 0 Å². The maximum absolute atomic E-state index is 13.3. The minimum absolute atomic E-state index is 0.121. The second kappa shape index (κ2) is 12.3. The van der Waals surface area contributed by atoms with E-state index in [9.17, 15) is 9.59 Å². The van der Waals surface area contributed by atoms with E-state index in [1.807, 2.05) is 58.9 Å². The van der Waals surface area contributed by atoms with Gasteiger partial charge in [0.25, 0.3) is 0 Å². The monoisotopic (exact) mass is 492 g/mol. The van der Waals surface area contributed by atoms with Gasteiger partial charge < -0.3 is 15.0 Å². The summed E-state index contributed by atoms with van der Waals surface area (Å²) in [6.07, 6.45) is 1.28. The highest BCUT2D eigenvalue weighted by Crippen LogP contribution is 2.24. The molecule has 180 valence electrons. The van der Waals surface area contributed by atoms with E-state index in [4.69, 9.17) is 27.9 Å². The highest BCUT2D eigenvalue weighted by molar-refractivity contribution is 6.35. The van der Waals surface area contributed by atoms with Crippen LogP contribution < -0.4 is 10.1 Å². The Kier molecular flexibility index (Phi) is 10.1. The molecule has 33 heavy (non-hydrogen) atoms. The first-order valence-electron chi connectivity index (χ1n) is 11.2. The zero-order chi connectivity index (χ0) is 24.6. The molecule has 0 spiro atoms. The number of carbonyl (C=O) groups excluding carboxylic acids is 2. The summed E-state index contributed by atoms with van der Waals surface area (Å²) in [7, 11) is 0. The molecule has 2 amide bonds. The van der Waals surface area contributed by atoms with Crippen molar-refractivity contribution in [3.05, 3.63) is 63.6 Å². The number of halogens is 2. The lowest BCUT2D eigenvalue weighted by molar-refractivity contribution is -0.142. The number of rotatable bonds is 10. The van der Waals surface area contributed by atoms with Crippen LogP contribution in [-0.2, 0) is 16.1 Å². The van der Waals surface area contributed by atoms with Crippen LogP contribution in [0.25, 0.3) is 0 Å². The average molecular weight is 493 g/mol. The minimum atomic E-state index is -0.610. The summed E-state index contributed by atoms with van der Waals surface area (Å²) < 4.78 is 5.76. The van der Waals surface area contributed by atoms with Gasteiger partial charge in [0.2, 0.25) is 11.8 Å². The number of carbonyl (C=O) groups is 2. The van der Waals surface area contributed by atoms with Gasteiger partial charge in [0.15, 0.2) is 0 Å². The molecule has 0 aromatic heterocycles. The van der Waals surface area contributed by atoms with Gasteiger partial charge in [-0.05, 0) is 70.4 Å². The Bertz CT molecular complexity index is 940. The van der Waals surface area contributed by atoms with Gasteiger partial charge >= 0.3 is 0 Å². The van der Waals surface area contributed by atoms with E-state index in [1.165, 1.54) is 0 Å². The molecule has 2 aromatic carbocycles. The molecule has 1 N–H and O–H groups in total. The van der Waals surface area contributed by atoms with Crippen molar-refractivity contribution in [1.82, 2.24) is 10.2 Å². The molecule has 0 saturated heterocycles. The molecule has 0 heterocycles. The topological polar surface area (TPSA) is 58.6 Å². The fraction of sp³-hybridized carbons (Fsp3) is 0.462. The van der Waals surface area contributed by atoms with E-state index in [2.05, 4.69) is 5.32 Å². The molecule has 7 heteroatoms. The normalized spacial score (nSPS) is 12.2. The summed E-state index contributed by atoms with van der Waals surface area (Å²) in [6, 6.07) is 12.4. The highest BCUT2D eigenvalue weighted by atomic mass is 35.5. The van der Waals surface area contributed by atoms with Crippen LogP contribution in [0.4, 0.5) is 0 Å². The van der Waals surface area contributed by atoms with E-state index < -0.39 is 11.6 Å². The van der Waals surface area contributed by atoms with Gasteiger partial charge in [-0.1, -0.05) is 53.9 Å². The lowest BCUT2D eigenvalue weighted by atomic mass is 10.0. The number of nitrogens with one attached hydrogen (secondary N) is 1. The van der Waals surface area contributed by atoms with Crippen LogP contribution >= 0.6 is 23.2 Å². The lowest BCUT2D eigenvalue weighted by Gasteiger charge is -2.33. The maximum atomic E-state index is 13.3. The summed E-state index contributed by atoms with van der Waals surface area (Å²) in [5.74, 6) is 0.470. The SMILES string of the molecule is CCC(C(=O)NC(C)(C)C)N(Cc1ccc(Cl)cc1Cl)C(=O)CCCOc1ccc(C)cc1. The van der Waals surface area contributed by atoms with Gasteiger partial charge in [0.1, 0.15) is 11.8 Å². The smallest absolute Gasteiger partial charge is 0.243 e. The third-order valence-corrected chi connectivity index (χ3v) is 5.65. The number of amides is 2. The van der Waals surface area contributed by atoms with Gasteiger partial charge in [0.05, 0.1) is 6.61 Å². The standard InChI is InChI=1S/C26H34Cl2N2O3/c1-6-23(25(32)29-26(3,4)5)30(17-19-11-12-20(27)16-22(19)28)24(31)8-7-15-33-21-13-9-18(2)10-14-21/h9-14,16,23H,6-8,15,17H2,1-5H3,(H,29,32). The second-order valence-electron chi connectivity index (χ2n) is 9.19. The van der Waals surface area contributed by atoms with Crippen molar-refractivity contribution in [2.24, 2.45) is 0 Å². The summed E-state index contributed by atoms with van der Waals surface area (Å²) in [6.45, 7) is 10.3. The van der Waals surface area contributed by atoms with Crippen molar-refractivity contribution in [2.45, 2.75) is 72.0 Å². The second-order valence-corrected chi connectivity index (χ2v) is 10.0. The fourth-order valence-corrected chi connectivity index (χ4v) is 3.87. The number of ether oxygens (including phenoxy) is 1. The Morgan fingerprint density at radius 2 is 1.76 bits per heavy atom. The molecule has 0 radical (unpaired) electrons. The van der Waals surface area contributed by atoms with Crippen molar-refractivity contribution >= 4 is 35.0 Å². The van der Waals surface area contributed by atoms with Crippen LogP contribution in [0.5, 0.6) is 5.75 Å². The molecule has 0 aliphatic rings. The van der Waals surface area contributed by atoms with E-state index in [1.54, 1.807) is 23.1 Å². The molecule has 0 aliphatic heterocycles. The van der Waals surface area contributed by atoms with Crippen LogP contribution in [0.2, 0.25) is 10.0 Å². The summed E-state index contributed by atoms with van der Waals surface area (Å²) in [4.78, 5) is 27.9. The van der Waals surface area contributed by atoms with E-state index >= 15 is 0 Å². The predicted molar refractivity (Wildman–Crippen MR) is 135 cm³/mol. The molecule has 0 fully saturated rings. The molecule has 5 nitrogen and oxygen atoms in total. The average Bonchev–Trinajstić information content (AvgIpc) is 2.72. The third kappa shape index (κ3) is 8.90. The lowest BCUT2D eigenvalue weighted by Crippen LogP contribution is -2.53. The van der Waals surface area contributed by atoms with Crippen molar-refractivity contribution in [3.8, 4) is 5.75 Å². The number of benzene rings is 2. The Morgan fingerprint density at radius 3 is 2.33 bits per heavy atom. The Hall–Kier alpha value is -2.24. The molecular weight excluding hydrogens is 459 g/mol. The van der Waals surface area contributed by atoms with Gasteiger partial charge in [0, 0.05) is 28.5 Å². The first-order valence-corrected chi connectivity index (χ1v) is 12.0. The Balaban J connectivity index is 2.12. The van der Waals surface area contributed by atoms with Crippen molar-refractivity contribution in [1.29, 1.82) is 0 Å². The third-order valence-electron chi connectivity index (χ3n) is 5.06. The molecule has 0 saturated carbocycles. The summed E-state index contributed by atoms with van der Waals surface area (Å²) >= 11 is 12.4. The molecular formula is C26H34Cl2N2O3. The summed E-state index contributed by atoms with van der Waals surface area (Å²) in [5.41, 5.74) is 1.50. The van der Waals surface area contributed by atoms with Crippen LogP contribution in [-0.4, -0.2) is 34.9 Å². The molecule has 1 atom stereocenters. The van der Waals surface area contributed by atoms with E-state index in [0.717, 1.165) is 16.9 Å². The molecule has 0 aliphatic carbocycles. The van der Waals surface area contributed by atoms with Crippen LogP contribution in [0.1, 0.15) is 58.1 Å². The Morgan fingerprint density at radius 1 is 1.09 bits per heavy atom. The van der Waals surface area contributed by atoms with Crippen molar-refractivity contribution in [2.75, 3.05) is 6.61 Å². The number of aryl methyl sites for hydroxylation is 1. The maximum Gasteiger partial charge on any atom is 0.243 e. The van der Waals surface area contributed by atoms with Gasteiger partial charge in [-0.3, -0.25) is 9.59 Å². The van der Waals surface area contributed by atoms with E-state index in [-0.39, 0.29) is 24.8 Å². The van der Waals surface area contributed by atoms with Crippen molar-refractivity contribution in [3.63, 3.8) is 0 Å². The highest BCUT2D eigenvalue weighted by Gasteiger charge is 2.30. The largest absolute Gasteiger partial charge is 0.494 e. The molecule has 2 rings (SSSR count). The minimum Gasteiger partial charge on any atom is -0.494 e. The van der Waals surface area contributed by atoms with Gasteiger partial charge in [-0.15, -0.1) is 0 Å². The zero-order valence-corrected chi connectivity index (χ0v) is 21.6. The molecule has 1 unspecified atom stereocenters. The van der Waals surface area contributed by atoms with Crippen LogP contribution in [0.3, 0.4) is 0 Å². The Labute approximate surface area is 207 Å². The van der Waals surface area contributed by atoms with Crippen LogP contribution in [0.15, 0.2) is 42.5 Å². The number of hydrogen-bond donors (Lipinski definition) is 1. The predicted octanol–water partition coefficient (Wildman–Crippen LogP) is 6.18. The molecule has 0 bridgehead atoms.